The van der Waals surface area contributed by atoms with E-state index in [2.05, 4.69) is 4.98 Å². The largest absolute Gasteiger partial charge is 0.344 e. The molecular weight excluding hydrogens is 328 g/mol. The highest BCUT2D eigenvalue weighted by molar-refractivity contribution is 5.86. The van der Waals surface area contributed by atoms with Gasteiger partial charge in [-0.3, -0.25) is 9.59 Å². The van der Waals surface area contributed by atoms with Crippen LogP contribution in [0.5, 0.6) is 0 Å². The summed E-state index contributed by atoms with van der Waals surface area (Å²) in [4.78, 5) is 32.4. The number of nitrogens with zero attached hydrogens (tertiary/aromatic N) is 4. The van der Waals surface area contributed by atoms with Gasteiger partial charge < -0.3 is 14.4 Å². The third-order valence-electron chi connectivity index (χ3n) is 5.05. The fourth-order valence-corrected chi connectivity index (χ4v) is 3.39. The van der Waals surface area contributed by atoms with Gasteiger partial charge in [-0.25, -0.2) is 4.98 Å². The van der Waals surface area contributed by atoms with E-state index in [9.17, 15) is 9.59 Å². The lowest BCUT2D eigenvalue weighted by atomic mass is 9.99. The Balaban J connectivity index is 1.46. The lowest BCUT2D eigenvalue weighted by Gasteiger charge is -2.22. The summed E-state index contributed by atoms with van der Waals surface area (Å²) in [5.41, 5.74) is 1.17. The van der Waals surface area contributed by atoms with E-state index < -0.39 is 0 Å². The van der Waals surface area contributed by atoms with Crippen LogP contribution in [0.15, 0.2) is 42.7 Å². The van der Waals surface area contributed by atoms with E-state index in [1.165, 1.54) is 5.56 Å². The quantitative estimate of drug-likeness (QED) is 0.762. The Labute approximate surface area is 154 Å². The summed E-state index contributed by atoms with van der Waals surface area (Å²) in [6.45, 7) is 1.45. The van der Waals surface area contributed by atoms with Crippen molar-refractivity contribution in [2.75, 3.05) is 26.7 Å². The summed E-state index contributed by atoms with van der Waals surface area (Å²) < 4.78 is 1.99. The number of carbonyl (C=O) groups excluding carboxylic acids is 2. The molecular formula is C20H26N4O2. The van der Waals surface area contributed by atoms with Crippen LogP contribution in [0.4, 0.5) is 0 Å². The van der Waals surface area contributed by atoms with Gasteiger partial charge in [-0.2, -0.15) is 0 Å². The summed E-state index contributed by atoms with van der Waals surface area (Å²) in [5.74, 6) is 1.26. The van der Waals surface area contributed by atoms with E-state index in [4.69, 9.17) is 0 Å². The van der Waals surface area contributed by atoms with Crippen LogP contribution in [0.3, 0.4) is 0 Å². The van der Waals surface area contributed by atoms with Gasteiger partial charge in [0.25, 0.3) is 0 Å². The number of aryl methyl sites for hydroxylation is 2. The van der Waals surface area contributed by atoms with Crippen molar-refractivity contribution >= 4 is 11.8 Å². The number of carbonyl (C=O) groups is 2. The zero-order valence-electron chi connectivity index (χ0n) is 15.5. The Bertz CT molecular complexity index is 756. The Hall–Kier alpha value is -2.63. The number of aromatic nitrogens is 2. The molecule has 2 heterocycles. The molecule has 0 spiro atoms. The van der Waals surface area contributed by atoms with Crippen molar-refractivity contribution in [3.05, 3.63) is 54.1 Å². The Morgan fingerprint density at radius 1 is 1.31 bits per heavy atom. The molecule has 6 nitrogen and oxygen atoms in total. The van der Waals surface area contributed by atoms with Crippen LogP contribution in [-0.4, -0.2) is 57.8 Å². The van der Waals surface area contributed by atoms with Gasteiger partial charge in [0.2, 0.25) is 11.8 Å². The van der Waals surface area contributed by atoms with Gasteiger partial charge in [-0.05, 0) is 12.0 Å². The highest BCUT2D eigenvalue weighted by Gasteiger charge is 2.32. The molecule has 6 heteroatoms. The van der Waals surface area contributed by atoms with Crippen molar-refractivity contribution in [1.82, 2.24) is 19.4 Å². The fraction of sp³-hybridized carbons (Fsp3) is 0.450. The molecule has 1 aromatic heterocycles. The van der Waals surface area contributed by atoms with Gasteiger partial charge in [0.05, 0.1) is 6.54 Å². The predicted octanol–water partition coefficient (Wildman–Crippen LogP) is 1.83. The molecule has 1 aliphatic rings. The zero-order valence-corrected chi connectivity index (χ0v) is 15.5. The number of benzene rings is 1. The lowest BCUT2D eigenvalue weighted by molar-refractivity contribution is -0.137. The molecule has 0 aliphatic carbocycles. The second-order valence-corrected chi connectivity index (χ2v) is 6.96. The van der Waals surface area contributed by atoms with E-state index >= 15 is 0 Å². The van der Waals surface area contributed by atoms with Crippen LogP contribution in [0.25, 0.3) is 0 Å². The van der Waals surface area contributed by atoms with Crippen molar-refractivity contribution in [3.63, 3.8) is 0 Å². The van der Waals surface area contributed by atoms with Crippen LogP contribution in [0.2, 0.25) is 0 Å². The van der Waals surface area contributed by atoms with E-state index in [-0.39, 0.29) is 24.3 Å². The van der Waals surface area contributed by atoms with E-state index in [0.29, 0.717) is 19.5 Å². The molecule has 3 rings (SSSR count). The topological polar surface area (TPSA) is 58.4 Å². The first kappa shape index (κ1) is 18.2. The Morgan fingerprint density at radius 3 is 2.77 bits per heavy atom. The average molecular weight is 354 g/mol. The third kappa shape index (κ3) is 4.31. The van der Waals surface area contributed by atoms with Crippen LogP contribution in [0, 0.1) is 0 Å². The van der Waals surface area contributed by atoms with Gasteiger partial charge in [0, 0.05) is 58.3 Å². The summed E-state index contributed by atoms with van der Waals surface area (Å²) in [7, 11) is 3.77. The maximum absolute atomic E-state index is 12.5. The van der Waals surface area contributed by atoms with Crippen LogP contribution in [-0.2, 0) is 23.1 Å². The minimum atomic E-state index is -0.00750. The number of likely N-dealkylation sites (tertiary alicyclic amines) is 1. The number of amides is 2. The highest BCUT2D eigenvalue weighted by atomic mass is 16.2. The van der Waals surface area contributed by atoms with Crippen LogP contribution in [0.1, 0.15) is 30.1 Å². The number of hydrogen-bond donors (Lipinski definition) is 0. The smallest absolute Gasteiger partial charge is 0.241 e. The molecule has 1 aliphatic heterocycles. The second kappa shape index (κ2) is 8.17. The maximum atomic E-state index is 12.5. The van der Waals surface area contributed by atoms with Gasteiger partial charge in [-0.15, -0.1) is 0 Å². The molecule has 0 radical (unpaired) electrons. The maximum Gasteiger partial charge on any atom is 0.241 e. The monoisotopic (exact) mass is 354 g/mol. The summed E-state index contributed by atoms with van der Waals surface area (Å²) in [5, 5.41) is 0. The standard InChI is InChI=1S/C20H26N4O2/c1-22-12-10-21-18(22)9-6-11-23(2)20(26)15-24-14-17(13-19(24)25)16-7-4-3-5-8-16/h3-5,7-8,10,12,17H,6,9,11,13-15H2,1-2H3. The molecule has 1 atom stereocenters. The SMILES string of the molecule is CN(CCCc1nccn1C)C(=O)CN1CC(c2ccccc2)CC1=O. The number of hydrogen-bond acceptors (Lipinski definition) is 3. The van der Waals surface area contributed by atoms with Gasteiger partial charge in [0.15, 0.2) is 0 Å². The van der Waals surface area contributed by atoms with E-state index in [1.54, 1.807) is 23.0 Å². The second-order valence-electron chi connectivity index (χ2n) is 6.96. The zero-order chi connectivity index (χ0) is 18.5. The summed E-state index contributed by atoms with van der Waals surface area (Å²) in [6.07, 6.45) is 5.88. The first-order chi connectivity index (χ1) is 12.5. The van der Waals surface area contributed by atoms with Crippen molar-refractivity contribution in [3.8, 4) is 0 Å². The van der Waals surface area contributed by atoms with Gasteiger partial charge in [0.1, 0.15) is 5.82 Å². The minimum absolute atomic E-state index is 0.00750. The molecule has 1 saturated heterocycles. The average Bonchev–Trinajstić information content (AvgIpc) is 3.21. The molecule has 26 heavy (non-hydrogen) atoms. The molecule has 1 unspecified atom stereocenters. The van der Waals surface area contributed by atoms with Gasteiger partial charge in [-0.1, -0.05) is 30.3 Å². The fourth-order valence-electron chi connectivity index (χ4n) is 3.39. The van der Waals surface area contributed by atoms with Crippen molar-refractivity contribution in [2.45, 2.75) is 25.2 Å². The number of imidazole rings is 1. The summed E-state index contributed by atoms with van der Waals surface area (Å²) in [6, 6.07) is 10.0. The number of rotatable bonds is 7. The minimum Gasteiger partial charge on any atom is -0.344 e. The highest BCUT2D eigenvalue weighted by Crippen LogP contribution is 2.27. The van der Waals surface area contributed by atoms with Gasteiger partial charge >= 0.3 is 0 Å². The van der Waals surface area contributed by atoms with Crippen LogP contribution < -0.4 is 0 Å². The molecule has 1 aromatic carbocycles. The molecule has 1 fully saturated rings. The van der Waals surface area contributed by atoms with Crippen molar-refractivity contribution in [1.29, 1.82) is 0 Å². The Morgan fingerprint density at radius 2 is 2.08 bits per heavy atom. The van der Waals surface area contributed by atoms with Crippen LogP contribution >= 0.6 is 0 Å². The molecule has 2 amide bonds. The molecule has 2 aromatic rings. The Kier molecular flexibility index (Phi) is 5.71. The number of likely N-dealkylation sites (N-methyl/N-ethyl adjacent to an activating group) is 1. The predicted molar refractivity (Wildman–Crippen MR) is 99.5 cm³/mol. The molecule has 0 saturated carbocycles. The molecule has 0 bridgehead atoms. The first-order valence-corrected chi connectivity index (χ1v) is 9.07. The first-order valence-electron chi connectivity index (χ1n) is 9.07. The van der Waals surface area contributed by atoms with Crippen molar-refractivity contribution < 1.29 is 9.59 Å². The normalized spacial score (nSPS) is 16.9. The van der Waals surface area contributed by atoms with E-state index in [0.717, 1.165) is 18.7 Å². The lowest BCUT2D eigenvalue weighted by Crippen LogP contribution is -2.39. The summed E-state index contributed by atoms with van der Waals surface area (Å²) >= 11 is 0. The van der Waals surface area contributed by atoms with E-state index in [1.807, 2.05) is 48.1 Å². The third-order valence-corrected chi connectivity index (χ3v) is 5.05. The van der Waals surface area contributed by atoms with Crippen molar-refractivity contribution in [2.24, 2.45) is 7.05 Å². The molecule has 0 N–H and O–H groups in total. The molecule has 138 valence electrons.